The predicted molar refractivity (Wildman–Crippen MR) is 116 cm³/mol. The van der Waals surface area contributed by atoms with Crippen LogP contribution in [-0.2, 0) is 19.7 Å². The Bertz CT molecular complexity index is 1240. The Kier molecular flexibility index (Phi) is 5.31. The summed E-state index contributed by atoms with van der Waals surface area (Å²) in [5.74, 6) is 0.844. The molecule has 1 aliphatic rings. The van der Waals surface area contributed by atoms with Gasteiger partial charge in [0.05, 0.1) is 10.5 Å². The topological polar surface area (TPSA) is 63.4 Å². The summed E-state index contributed by atoms with van der Waals surface area (Å²) in [5, 5.41) is 10.5. The van der Waals surface area contributed by atoms with E-state index in [1.54, 1.807) is 18.5 Å². The highest BCUT2D eigenvalue weighted by Gasteiger charge is 2.20. The van der Waals surface area contributed by atoms with Gasteiger partial charge in [-0.05, 0) is 36.4 Å². The summed E-state index contributed by atoms with van der Waals surface area (Å²) < 4.78 is 21.5. The third-order valence-electron chi connectivity index (χ3n) is 5.39. The van der Waals surface area contributed by atoms with Crippen LogP contribution in [0.1, 0.15) is 17.0 Å². The second-order valence-electron chi connectivity index (χ2n) is 7.53. The quantitative estimate of drug-likeness (QED) is 0.519. The van der Waals surface area contributed by atoms with E-state index in [1.165, 1.54) is 12.1 Å². The fourth-order valence-electron chi connectivity index (χ4n) is 3.93. The van der Waals surface area contributed by atoms with Crippen molar-refractivity contribution in [2.45, 2.75) is 19.7 Å². The number of nitrogens with zero attached hydrogens (tertiary/aromatic N) is 4. The van der Waals surface area contributed by atoms with Crippen LogP contribution in [-0.4, -0.2) is 37.7 Å². The SMILES string of the molecule is OCc1ncc(CN2CCOc3c(Cl)cc(-n4ccc5cc(F)ccc54)cc3C2)cn1. The summed E-state index contributed by atoms with van der Waals surface area (Å²) in [6, 6.07) is 10.6. The fraction of sp³-hybridized carbons (Fsp3) is 0.217. The standard InChI is InChI=1S/C23H20ClFN4O2/c24-20-9-19(29-4-3-16-7-18(25)1-2-21(16)29)8-17-13-28(5-6-31-23(17)20)12-15-10-26-22(14-30)27-11-15/h1-4,7-11,30H,5-6,12-14H2. The highest BCUT2D eigenvalue weighted by atomic mass is 35.5. The molecule has 158 valence electrons. The van der Waals surface area contributed by atoms with E-state index in [4.69, 9.17) is 21.4 Å². The molecule has 3 heterocycles. The van der Waals surface area contributed by atoms with Crippen molar-refractivity contribution in [1.29, 1.82) is 0 Å². The lowest BCUT2D eigenvalue weighted by molar-refractivity contribution is 0.219. The molecule has 31 heavy (non-hydrogen) atoms. The first-order chi connectivity index (χ1) is 15.1. The molecule has 0 amide bonds. The number of fused-ring (bicyclic) bond motifs is 2. The van der Waals surface area contributed by atoms with E-state index in [-0.39, 0.29) is 12.4 Å². The van der Waals surface area contributed by atoms with Crippen molar-refractivity contribution in [3.8, 4) is 11.4 Å². The monoisotopic (exact) mass is 438 g/mol. The number of ether oxygens (including phenoxy) is 1. The van der Waals surface area contributed by atoms with Crippen LogP contribution in [0.4, 0.5) is 4.39 Å². The Morgan fingerprint density at radius 1 is 1.13 bits per heavy atom. The molecule has 0 saturated carbocycles. The molecular formula is C23H20ClFN4O2. The van der Waals surface area contributed by atoms with Crippen molar-refractivity contribution >= 4 is 22.5 Å². The predicted octanol–water partition coefficient (Wildman–Crippen LogP) is 4.10. The number of hydrogen-bond acceptors (Lipinski definition) is 5. The third kappa shape index (κ3) is 3.99. The average Bonchev–Trinajstić information content (AvgIpc) is 3.07. The number of aromatic nitrogens is 3. The summed E-state index contributed by atoms with van der Waals surface area (Å²) >= 11 is 6.59. The zero-order valence-electron chi connectivity index (χ0n) is 16.6. The maximum absolute atomic E-state index is 13.6. The molecule has 0 unspecified atom stereocenters. The molecule has 8 heteroatoms. The van der Waals surface area contributed by atoms with E-state index in [0.717, 1.165) is 34.3 Å². The molecule has 1 N–H and O–H groups in total. The molecule has 2 aromatic heterocycles. The van der Waals surface area contributed by atoms with Crippen LogP contribution in [0.15, 0.2) is 55.0 Å². The van der Waals surface area contributed by atoms with Crippen LogP contribution in [0.5, 0.6) is 5.75 Å². The van der Waals surface area contributed by atoms with Gasteiger partial charge in [-0.25, -0.2) is 14.4 Å². The van der Waals surface area contributed by atoms with E-state index in [9.17, 15) is 4.39 Å². The number of hydrogen-bond donors (Lipinski definition) is 1. The molecule has 4 aromatic rings. The Hall–Kier alpha value is -3.00. The number of halogens is 2. The van der Waals surface area contributed by atoms with Gasteiger partial charge in [-0.15, -0.1) is 0 Å². The molecule has 0 spiro atoms. The Morgan fingerprint density at radius 3 is 2.77 bits per heavy atom. The average molecular weight is 439 g/mol. The third-order valence-corrected chi connectivity index (χ3v) is 5.67. The summed E-state index contributed by atoms with van der Waals surface area (Å²) in [4.78, 5) is 10.6. The van der Waals surface area contributed by atoms with Crippen molar-refractivity contribution in [2.75, 3.05) is 13.2 Å². The molecule has 2 aromatic carbocycles. The van der Waals surface area contributed by atoms with Gasteiger partial charge >= 0.3 is 0 Å². The Morgan fingerprint density at radius 2 is 1.97 bits per heavy atom. The van der Waals surface area contributed by atoms with Crippen LogP contribution >= 0.6 is 11.6 Å². The zero-order valence-corrected chi connectivity index (χ0v) is 17.4. The molecule has 6 nitrogen and oxygen atoms in total. The first-order valence-electron chi connectivity index (χ1n) is 9.96. The maximum atomic E-state index is 13.6. The molecule has 0 fully saturated rings. The highest BCUT2D eigenvalue weighted by molar-refractivity contribution is 6.32. The summed E-state index contributed by atoms with van der Waals surface area (Å²) in [5.41, 5.74) is 3.74. The molecule has 0 saturated heterocycles. The van der Waals surface area contributed by atoms with Crippen LogP contribution in [0.2, 0.25) is 5.02 Å². The molecule has 5 rings (SSSR count). The second-order valence-corrected chi connectivity index (χ2v) is 7.94. The van der Waals surface area contributed by atoms with Crippen molar-refractivity contribution in [3.63, 3.8) is 0 Å². The van der Waals surface area contributed by atoms with Gasteiger partial charge in [0.2, 0.25) is 0 Å². The van der Waals surface area contributed by atoms with Crippen LogP contribution < -0.4 is 4.74 Å². The summed E-state index contributed by atoms with van der Waals surface area (Å²) in [7, 11) is 0. The molecule has 0 radical (unpaired) electrons. The fourth-order valence-corrected chi connectivity index (χ4v) is 4.21. The number of rotatable bonds is 4. The van der Waals surface area contributed by atoms with Gasteiger partial charge in [-0.3, -0.25) is 4.90 Å². The summed E-state index contributed by atoms with van der Waals surface area (Å²) in [6.07, 6.45) is 5.39. The lowest BCUT2D eigenvalue weighted by Crippen LogP contribution is -2.25. The molecule has 0 atom stereocenters. The first kappa shape index (κ1) is 19.9. The minimum Gasteiger partial charge on any atom is -0.490 e. The zero-order chi connectivity index (χ0) is 21.4. The van der Waals surface area contributed by atoms with Gasteiger partial charge in [-0.1, -0.05) is 11.6 Å². The Labute approximate surface area is 183 Å². The van der Waals surface area contributed by atoms with Crippen LogP contribution in [0.3, 0.4) is 0 Å². The summed E-state index contributed by atoms with van der Waals surface area (Å²) in [6.45, 7) is 2.38. The lowest BCUT2D eigenvalue weighted by atomic mass is 10.1. The van der Waals surface area contributed by atoms with Crippen molar-refractivity contribution in [2.24, 2.45) is 0 Å². The van der Waals surface area contributed by atoms with Gasteiger partial charge in [0.25, 0.3) is 0 Å². The normalized spacial score (nSPS) is 14.3. The Balaban J connectivity index is 1.46. The van der Waals surface area contributed by atoms with E-state index in [0.29, 0.717) is 36.3 Å². The van der Waals surface area contributed by atoms with Crippen molar-refractivity contribution in [3.05, 3.63) is 82.8 Å². The number of aliphatic hydroxyl groups is 1. The van der Waals surface area contributed by atoms with Crippen LogP contribution in [0, 0.1) is 5.82 Å². The van der Waals surface area contributed by atoms with Crippen molar-refractivity contribution < 1.29 is 14.2 Å². The van der Waals surface area contributed by atoms with E-state index >= 15 is 0 Å². The number of aliphatic hydroxyl groups excluding tert-OH is 1. The van der Waals surface area contributed by atoms with E-state index in [1.807, 2.05) is 22.9 Å². The first-order valence-corrected chi connectivity index (χ1v) is 10.3. The van der Waals surface area contributed by atoms with Gasteiger partial charge in [-0.2, -0.15) is 0 Å². The molecule has 0 bridgehead atoms. The molecular weight excluding hydrogens is 419 g/mol. The van der Waals surface area contributed by atoms with Gasteiger partial charge in [0.1, 0.15) is 24.8 Å². The maximum Gasteiger partial charge on any atom is 0.153 e. The second kappa shape index (κ2) is 8.26. The lowest BCUT2D eigenvalue weighted by Gasteiger charge is -2.19. The smallest absolute Gasteiger partial charge is 0.153 e. The van der Waals surface area contributed by atoms with E-state index < -0.39 is 0 Å². The minimum absolute atomic E-state index is 0.173. The largest absolute Gasteiger partial charge is 0.490 e. The van der Waals surface area contributed by atoms with Gasteiger partial charge in [0.15, 0.2) is 5.82 Å². The minimum atomic E-state index is -0.259. The number of benzene rings is 2. The van der Waals surface area contributed by atoms with Crippen LogP contribution in [0.25, 0.3) is 16.6 Å². The molecule has 0 aliphatic carbocycles. The van der Waals surface area contributed by atoms with E-state index in [2.05, 4.69) is 20.9 Å². The van der Waals surface area contributed by atoms with Crippen molar-refractivity contribution in [1.82, 2.24) is 19.4 Å². The van der Waals surface area contributed by atoms with Gasteiger partial charge in [0, 0.05) is 60.4 Å². The molecule has 1 aliphatic heterocycles. The highest BCUT2D eigenvalue weighted by Crippen LogP contribution is 2.35. The van der Waals surface area contributed by atoms with Gasteiger partial charge < -0.3 is 14.4 Å².